The van der Waals surface area contributed by atoms with E-state index in [1.165, 1.54) is 129 Å². The standard InChI is InChI=1S/C43H74O4/c1-5-7-9-11-13-15-17-19-21-23-25-27-29-31-33-35-37-43(46-41(39(3)44)42(47-43)40(4)45)38-36-34-32-30-28-26-24-22-20-18-16-14-12-10-8-6-2/h13-16,19-22,41-42H,5-12,17-18,23-38H2,1-4H3/b15-13-,16-14-,21-19-,22-20-. The lowest BCUT2D eigenvalue weighted by Crippen LogP contribution is -2.34. The highest BCUT2D eigenvalue weighted by Gasteiger charge is 2.50. The van der Waals surface area contributed by atoms with Crippen molar-refractivity contribution in [1.82, 2.24) is 0 Å². The van der Waals surface area contributed by atoms with Crippen LogP contribution in [0.25, 0.3) is 0 Å². The van der Waals surface area contributed by atoms with Crippen molar-refractivity contribution < 1.29 is 19.1 Å². The molecule has 0 radical (unpaired) electrons. The van der Waals surface area contributed by atoms with E-state index in [0.29, 0.717) is 0 Å². The molecule has 2 unspecified atom stereocenters. The number of hydrogen-bond acceptors (Lipinski definition) is 4. The lowest BCUT2D eigenvalue weighted by atomic mass is 9.98. The molecule has 1 rings (SSSR count). The molecule has 0 aromatic rings. The first-order valence-electron chi connectivity index (χ1n) is 19.9. The van der Waals surface area contributed by atoms with Crippen LogP contribution in [0.3, 0.4) is 0 Å². The quantitative estimate of drug-likeness (QED) is 0.0535. The number of Topliss-reactive ketones (excluding diaryl/α,β-unsaturated/α-hetero) is 2. The zero-order chi connectivity index (χ0) is 34.3. The predicted octanol–water partition coefficient (Wildman–Crippen LogP) is 13.1. The molecule has 1 fully saturated rings. The van der Waals surface area contributed by atoms with Crippen LogP contribution < -0.4 is 0 Å². The van der Waals surface area contributed by atoms with Gasteiger partial charge >= 0.3 is 0 Å². The molecule has 4 heteroatoms. The van der Waals surface area contributed by atoms with Crippen LogP contribution in [0.1, 0.15) is 195 Å². The van der Waals surface area contributed by atoms with Crippen LogP contribution in [0.2, 0.25) is 0 Å². The van der Waals surface area contributed by atoms with Crippen molar-refractivity contribution in [1.29, 1.82) is 0 Å². The number of carbonyl (C=O) groups excluding carboxylic acids is 2. The van der Waals surface area contributed by atoms with Crippen molar-refractivity contribution in [2.24, 2.45) is 0 Å². The van der Waals surface area contributed by atoms with Crippen LogP contribution >= 0.6 is 0 Å². The first-order valence-corrected chi connectivity index (χ1v) is 19.9. The van der Waals surface area contributed by atoms with E-state index in [0.717, 1.165) is 51.4 Å². The minimum absolute atomic E-state index is 0.110. The molecule has 2 atom stereocenters. The maximum atomic E-state index is 12.3. The Morgan fingerprint density at radius 2 is 0.745 bits per heavy atom. The number of allylic oxidation sites excluding steroid dienone is 8. The van der Waals surface area contributed by atoms with Gasteiger partial charge in [-0.1, -0.05) is 140 Å². The molecule has 47 heavy (non-hydrogen) atoms. The molecule has 1 heterocycles. The second-order valence-electron chi connectivity index (χ2n) is 13.9. The van der Waals surface area contributed by atoms with Crippen molar-refractivity contribution in [2.75, 3.05) is 0 Å². The number of carbonyl (C=O) groups is 2. The number of hydrogen-bond donors (Lipinski definition) is 0. The largest absolute Gasteiger partial charge is 0.336 e. The molecule has 270 valence electrons. The van der Waals surface area contributed by atoms with Gasteiger partial charge in [-0.05, 0) is 90.9 Å². The molecule has 0 aromatic heterocycles. The second kappa shape index (κ2) is 30.3. The highest BCUT2D eigenvalue weighted by Crippen LogP contribution is 2.38. The zero-order valence-corrected chi connectivity index (χ0v) is 31.3. The average Bonchev–Trinajstić information content (AvgIpc) is 3.45. The van der Waals surface area contributed by atoms with E-state index in [9.17, 15) is 9.59 Å². The van der Waals surface area contributed by atoms with E-state index >= 15 is 0 Å². The van der Waals surface area contributed by atoms with E-state index in [1.54, 1.807) is 0 Å². The molecule has 1 aliphatic rings. The first-order chi connectivity index (χ1) is 23.0. The Bertz CT molecular complexity index is 810. The summed E-state index contributed by atoms with van der Waals surface area (Å²) in [5.41, 5.74) is 0. The van der Waals surface area contributed by atoms with Crippen LogP contribution in [0.5, 0.6) is 0 Å². The predicted molar refractivity (Wildman–Crippen MR) is 202 cm³/mol. The second-order valence-corrected chi connectivity index (χ2v) is 13.9. The summed E-state index contributed by atoms with van der Waals surface area (Å²) in [5, 5.41) is 0. The van der Waals surface area contributed by atoms with Crippen LogP contribution in [-0.4, -0.2) is 29.6 Å². The van der Waals surface area contributed by atoms with Gasteiger partial charge in [-0.2, -0.15) is 0 Å². The monoisotopic (exact) mass is 655 g/mol. The van der Waals surface area contributed by atoms with Crippen LogP contribution in [0, 0.1) is 0 Å². The minimum Gasteiger partial charge on any atom is -0.336 e. The van der Waals surface area contributed by atoms with Gasteiger partial charge in [0.2, 0.25) is 0 Å². The van der Waals surface area contributed by atoms with Gasteiger partial charge in [-0.3, -0.25) is 9.59 Å². The number of unbranched alkanes of at least 4 members (excludes halogenated alkanes) is 18. The lowest BCUT2D eigenvalue weighted by molar-refractivity contribution is -0.188. The molecule has 0 aromatic carbocycles. The Morgan fingerprint density at radius 3 is 1.06 bits per heavy atom. The molecule has 0 saturated carbocycles. The molecule has 0 bridgehead atoms. The molecule has 0 N–H and O–H groups in total. The van der Waals surface area contributed by atoms with Crippen molar-refractivity contribution in [3.63, 3.8) is 0 Å². The van der Waals surface area contributed by atoms with E-state index in [4.69, 9.17) is 9.47 Å². The van der Waals surface area contributed by atoms with Gasteiger partial charge in [0.1, 0.15) is 0 Å². The Balaban J connectivity index is 2.27. The summed E-state index contributed by atoms with van der Waals surface area (Å²) >= 11 is 0. The van der Waals surface area contributed by atoms with Gasteiger partial charge in [0.05, 0.1) is 0 Å². The molecule has 1 aliphatic heterocycles. The fourth-order valence-electron chi connectivity index (χ4n) is 6.33. The van der Waals surface area contributed by atoms with E-state index < -0.39 is 18.0 Å². The summed E-state index contributed by atoms with van der Waals surface area (Å²) in [5.74, 6) is -1.01. The Morgan fingerprint density at radius 1 is 0.447 bits per heavy atom. The van der Waals surface area contributed by atoms with Crippen LogP contribution in [0.15, 0.2) is 48.6 Å². The van der Waals surface area contributed by atoms with E-state index in [2.05, 4.69) is 62.5 Å². The fourth-order valence-corrected chi connectivity index (χ4v) is 6.33. The first kappa shape index (κ1) is 43.2. The number of ether oxygens (including phenoxy) is 2. The van der Waals surface area contributed by atoms with Gasteiger partial charge < -0.3 is 9.47 Å². The third kappa shape index (κ3) is 23.3. The highest BCUT2D eigenvalue weighted by atomic mass is 16.8. The average molecular weight is 655 g/mol. The highest BCUT2D eigenvalue weighted by molar-refractivity contribution is 5.91. The number of ketones is 2. The van der Waals surface area contributed by atoms with Gasteiger partial charge in [0.25, 0.3) is 0 Å². The summed E-state index contributed by atoms with van der Waals surface area (Å²) in [6, 6.07) is 0. The van der Waals surface area contributed by atoms with Crippen molar-refractivity contribution in [3.05, 3.63) is 48.6 Å². The normalized spacial score (nSPS) is 18.1. The topological polar surface area (TPSA) is 52.6 Å². The molecule has 1 saturated heterocycles. The minimum atomic E-state index is -0.794. The molecule has 4 nitrogen and oxygen atoms in total. The molecule has 0 spiro atoms. The van der Waals surface area contributed by atoms with Crippen LogP contribution in [0.4, 0.5) is 0 Å². The van der Waals surface area contributed by atoms with E-state index in [1.807, 2.05) is 0 Å². The van der Waals surface area contributed by atoms with Crippen LogP contribution in [-0.2, 0) is 19.1 Å². The Hall–Kier alpha value is -1.78. The Labute approximate surface area is 291 Å². The molecule has 0 amide bonds. The SMILES string of the molecule is CCCCC/C=C\C/C=C\CCCCCCCCC1(CCCCCCCC/C=C\C/C=C\CCCCC)OC(C(C)=O)C(C(C)=O)O1. The number of rotatable bonds is 32. The summed E-state index contributed by atoms with van der Waals surface area (Å²) in [7, 11) is 0. The summed E-state index contributed by atoms with van der Waals surface area (Å²) < 4.78 is 12.6. The van der Waals surface area contributed by atoms with Crippen molar-refractivity contribution in [3.8, 4) is 0 Å². The molecule has 0 aliphatic carbocycles. The summed E-state index contributed by atoms with van der Waals surface area (Å²) in [6.45, 7) is 7.53. The van der Waals surface area contributed by atoms with Gasteiger partial charge in [-0.15, -0.1) is 0 Å². The summed E-state index contributed by atoms with van der Waals surface area (Å²) in [4.78, 5) is 24.6. The smallest absolute Gasteiger partial charge is 0.170 e. The van der Waals surface area contributed by atoms with Gasteiger partial charge in [0, 0.05) is 12.8 Å². The summed E-state index contributed by atoms with van der Waals surface area (Å²) in [6.07, 6.45) is 47.5. The van der Waals surface area contributed by atoms with Gasteiger partial charge in [-0.25, -0.2) is 0 Å². The maximum absolute atomic E-state index is 12.3. The third-order valence-corrected chi connectivity index (χ3v) is 9.28. The third-order valence-electron chi connectivity index (χ3n) is 9.28. The van der Waals surface area contributed by atoms with Crippen molar-refractivity contribution >= 4 is 11.6 Å². The Kier molecular flexibility index (Phi) is 27.9. The molecular weight excluding hydrogens is 580 g/mol. The fraction of sp³-hybridized carbons (Fsp3) is 0.767. The van der Waals surface area contributed by atoms with E-state index in [-0.39, 0.29) is 11.6 Å². The van der Waals surface area contributed by atoms with Gasteiger partial charge in [0.15, 0.2) is 29.6 Å². The molecular formula is C43H74O4. The maximum Gasteiger partial charge on any atom is 0.170 e. The lowest BCUT2D eigenvalue weighted by Gasteiger charge is -2.28. The van der Waals surface area contributed by atoms with Crippen molar-refractivity contribution in [2.45, 2.75) is 213 Å². The zero-order valence-electron chi connectivity index (χ0n) is 31.3.